The van der Waals surface area contributed by atoms with Crippen molar-refractivity contribution in [3.63, 3.8) is 0 Å². The summed E-state index contributed by atoms with van der Waals surface area (Å²) >= 11 is 0. The summed E-state index contributed by atoms with van der Waals surface area (Å²) in [7, 11) is 1.78. The van der Waals surface area contributed by atoms with Gasteiger partial charge in [-0.25, -0.2) is 0 Å². The first-order valence-corrected chi connectivity index (χ1v) is 4.55. The first-order chi connectivity index (χ1) is 7.16. The van der Waals surface area contributed by atoms with Crippen LogP contribution < -0.4 is 0 Å². The SMILES string of the molecule is Cn1cc(-c2ccc[nH]2)c(CC(=O)O)n1. The molecular weight excluding hydrogens is 194 g/mol. The number of aromatic nitrogens is 3. The lowest BCUT2D eigenvalue weighted by molar-refractivity contribution is -0.136. The number of nitrogens with zero attached hydrogens (tertiary/aromatic N) is 2. The number of nitrogens with one attached hydrogen (secondary N) is 1. The number of aryl methyl sites for hydroxylation is 1. The van der Waals surface area contributed by atoms with E-state index in [1.165, 1.54) is 0 Å². The van der Waals surface area contributed by atoms with Gasteiger partial charge in [-0.1, -0.05) is 0 Å². The van der Waals surface area contributed by atoms with Crippen LogP contribution in [0.25, 0.3) is 11.3 Å². The predicted octanol–water partition coefficient (Wildman–Crippen LogP) is 1.04. The molecule has 2 N–H and O–H groups in total. The topological polar surface area (TPSA) is 70.9 Å². The van der Waals surface area contributed by atoms with Crippen LogP contribution in [0, 0.1) is 0 Å². The van der Waals surface area contributed by atoms with Gasteiger partial charge in [-0.3, -0.25) is 9.48 Å². The van der Waals surface area contributed by atoms with Gasteiger partial charge < -0.3 is 10.1 Å². The van der Waals surface area contributed by atoms with Crippen molar-refractivity contribution in [3.8, 4) is 11.3 Å². The van der Waals surface area contributed by atoms with Crippen LogP contribution in [-0.4, -0.2) is 25.8 Å². The summed E-state index contributed by atoms with van der Waals surface area (Å²) in [5, 5.41) is 12.9. The molecule has 0 atom stereocenters. The van der Waals surface area contributed by atoms with Crippen LogP contribution in [0.2, 0.25) is 0 Å². The van der Waals surface area contributed by atoms with Crippen molar-refractivity contribution in [2.24, 2.45) is 7.05 Å². The Morgan fingerprint density at radius 1 is 1.67 bits per heavy atom. The van der Waals surface area contributed by atoms with Gasteiger partial charge in [0.05, 0.1) is 12.1 Å². The minimum atomic E-state index is -0.874. The first-order valence-electron chi connectivity index (χ1n) is 4.55. The Hall–Kier alpha value is -2.04. The number of rotatable bonds is 3. The number of H-pyrrole nitrogens is 1. The smallest absolute Gasteiger partial charge is 0.309 e. The van der Waals surface area contributed by atoms with Crippen molar-refractivity contribution in [2.45, 2.75) is 6.42 Å². The molecule has 0 aliphatic rings. The van der Waals surface area contributed by atoms with Gasteiger partial charge in [0.15, 0.2) is 0 Å². The molecule has 78 valence electrons. The zero-order valence-electron chi connectivity index (χ0n) is 8.27. The zero-order chi connectivity index (χ0) is 10.8. The minimum Gasteiger partial charge on any atom is -0.481 e. The largest absolute Gasteiger partial charge is 0.481 e. The van der Waals surface area contributed by atoms with Crippen LogP contribution in [0.15, 0.2) is 24.5 Å². The highest BCUT2D eigenvalue weighted by molar-refractivity contribution is 5.74. The molecule has 0 radical (unpaired) electrons. The maximum Gasteiger partial charge on any atom is 0.309 e. The summed E-state index contributed by atoms with van der Waals surface area (Å²) in [4.78, 5) is 13.7. The Bertz CT molecular complexity index is 471. The van der Waals surface area contributed by atoms with E-state index in [0.29, 0.717) is 5.69 Å². The average Bonchev–Trinajstić information content (AvgIpc) is 2.72. The quantitative estimate of drug-likeness (QED) is 0.786. The Morgan fingerprint density at radius 3 is 3.07 bits per heavy atom. The number of hydrogen-bond donors (Lipinski definition) is 2. The second-order valence-corrected chi connectivity index (χ2v) is 3.32. The molecule has 0 fully saturated rings. The molecule has 0 aliphatic carbocycles. The van der Waals surface area contributed by atoms with Crippen LogP contribution in [-0.2, 0) is 18.3 Å². The number of carboxylic acids is 1. The molecular formula is C10H11N3O2. The average molecular weight is 205 g/mol. The number of carbonyl (C=O) groups is 1. The summed E-state index contributed by atoms with van der Waals surface area (Å²) in [5.74, 6) is -0.874. The third kappa shape index (κ3) is 1.90. The number of carboxylic acid groups (broad SMARTS) is 1. The van der Waals surface area contributed by atoms with E-state index in [0.717, 1.165) is 11.3 Å². The van der Waals surface area contributed by atoms with E-state index in [9.17, 15) is 4.79 Å². The van der Waals surface area contributed by atoms with Gasteiger partial charge in [-0.15, -0.1) is 0 Å². The molecule has 0 aliphatic heterocycles. The van der Waals surface area contributed by atoms with E-state index >= 15 is 0 Å². The zero-order valence-corrected chi connectivity index (χ0v) is 8.27. The van der Waals surface area contributed by atoms with Crippen LogP contribution in [0.5, 0.6) is 0 Å². The Morgan fingerprint density at radius 2 is 2.47 bits per heavy atom. The molecule has 0 aromatic carbocycles. The highest BCUT2D eigenvalue weighted by Gasteiger charge is 2.13. The normalized spacial score (nSPS) is 10.5. The fourth-order valence-corrected chi connectivity index (χ4v) is 1.53. The summed E-state index contributed by atoms with van der Waals surface area (Å²) in [5.41, 5.74) is 2.30. The van der Waals surface area contributed by atoms with Crippen molar-refractivity contribution < 1.29 is 9.90 Å². The number of hydrogen-bond acceptors (Lipinski definition) is 2. The number of aromatic amines is 1. The summed E-state index contributed by atoms with van der Waals surface area (Å²) in [6, 6.07) is 3.76. The van der Waals surface area contributed by atoms with Crippen LogP contribution >= 0.6 is 0 Å². The fourth-order valence-electron chi connectivity index (χ4n) is 1.53. The molecule has 5 heteroatoms. The summed E-state index contributed by atoms with van der Waals surface area (Å²) < 4.78 is 1.62. The monoisotopic (exact) mass is 205 g/mol. The van der Waals surface area contributed by atoms with Crippen molar-refractivity contribution in [2.75, 3.05) is 0 Å². The highest BCUT2D eigenvalue weighted by Crippen LogP contribution is 2.20. The van der Waals surface area contributed by atoms with Crippen molar-refractivity contribution in [1.29, 1.82) is 0 Å². The standard InChI is InChI=1S/C10H11N3O2/c1-13-6-7(8-3-2-4-11-8)9(12-13)5-10(14)15/h2-4,6,11H,5H2,1H3,(H,14,15). The van der Waals surface area contributed by atoms with E-state index in [2.05, 4.69) is 10.1 Å². The molecule has 0 unspecified atom stereocenters. The maximum atomic E-state index is 10.6. The van der Waals surface area contributed by atoms with E-state index in [4.69, 9.17) is 5.11 Å². The van der Waals surface area contributed by atoms with Crippen molar-refractivity contribution in [3.05, 3.63) is 30.2 Å². The maximum absolute atomic E-state index is 10.6. The fraction of sp³-hybridized carbons (Fsp3) is 0.200. The van der Waals surface area contributed by atoms with E-state index in [1.54, 1.807) is 17.9 Å². The lowest BCUT2D eigenvalue weighted by atomic mass is 10.1. The van der Waals surface area contributed by atoms with Crippen molar-refractivity contribution in [1.82, 2.24) is 14.8 Å². The molecule has 0 amide bonds. The van der Waals surface area contributed by atoms with Gasteiger partial charge in [0.2, 0.25) is 0 Å². The molecule has 2 aromatic rings. The molecule has 0 saturated carbocycles. The van der Waals surface area contributed by atoms with Gasteiger partial charge >= 0.3 is 5.97 Å². The van der Waals surface area contributed by atoms with E-state index in [-0.39, 0.29) is 6.42 Å². The Balaban J connectivity index is 2.42. The third-order valence-electron chi connectivity index (χ3n) is 2.11. The molecule has 5 nitrogen and oxygen atoms in total. The molecule has 0 spiro atoms. The van der Waals surface area contributed by atoms with Crippen LogP contribution in [0.1, 0.15) is 5.69 Å². The molecule has 2 rings (SSSR count). The van der Waals surface area contributed by atoms with Gasteiger partial charge in [-0.2, -0.15) is 5.10 Å². The third-order valence-corrected chi connectivity index (χ3v) is 2.11. The molecule has 0 bridgehead atoms. The van der Waals surface area contributed by atoms with Gasteiger partial charge in [0, 0.05) is 30.7 Å². The van der Waals surface area contributed by atoms with Gasteiger partial charge in [-0.05, 0) is 12.1 Å². The molecule has 2 heterocycles. The minimum absolute atomic E-state index is 0.0603. The Labute approximate surface area is 86.4 Å². The van der Waals surface area contributed by atoms with Gasteiger partial charge in [0.1, 0.15) is 0 Å². The summed E-state index contributed by atoms with van der Waals surface area (Å²) in [6.07, 6.45) is 3.55. The second kappa shape index (κ2) is 3.61. The molecule has 15 heavy (non-hydrogen) atoms. The van der Waals surface area contributed by atoms with E-state index < -0.39 is 5.97 Å². The number of aliphatic carboxylic acids is 1. The van der Waals surface area contributed by atoms with Crippen LogP contribution in [0.3, 0.4) is 0 Å². The predicted molar refractivity (Wildman–Crippen MR) is 54.3 cm³/mol. The lowest BCUT2D eigenvalue weighted by Gasteiger charge is -1.95. The lowest BCUT2D eigenvalue weighted by Crippen LogP contribution is -2.02. The Kier molecular flexibility index (Phi) is 2.29. The first kappa shape index (κ1) is 9.51. The van der Waals surface area contributed by atoms with Crippen molar-refractivity contribution >= 4 is 5.97 Å². The summed E-state index contributed by atoms with van der Waals surface area (Å²) in [6.45, 7) is 0. The van der Waals surface area contributed by atoms with Crippen LogP contribution in [0.4, 0.5) is 0 Å². The second-order valence-electron chi connectivity index (χ2n) is 3.32. The molecule has 0 saturated heterocycles. The van der Waals surface area contributed by atoms with E-state index in [1.807, 2.05) is 18.3 Å². The highest BCUT2D eigenvalue weighted by atomic mass is 16.4. The van der Waals surface area contributed by atoms with Gasteiger partial charge in [0.25, 0.3) is 0 Å². The molecule has 2 aromatic heterocycles.